The third kappa shape index (κ3) is 2.09. The Bertz CT molecular complexity index is 707. The summed E-state index contributed by atoms with van der Waals surface area (Å²) in [6, 6.07) is 19.4. The van der Waals surface area contributed by atoms with Crippen LogP contribution in [0.4, 0.5) is 8.39 Å². The standard InChI is InChI=1S/C17H16F2NP/c1-14-12-13-17(20-14)21(18,19,15-8-4-2-5-9-15)16-10-6-3-7-11-16/h2-13,20H,1H3. The van der Waals surface area contributed by atoms with E-state index in [1.165, 1.54) is 30.3 Å². The van der Waals surface area contributed by atoms with Crippen molar-refractivity contribution >= 4 is 23.3 Å². The van der Waals surface area contributed by atoms with Gasteiger partial charge in [0.25, 0.3) is 0 Å². The summed E-state index contributed by atoms with van der Waals surface area (Å²) in [4.78, 5) is 2.86. The van der Waals surface area contributed by atoms with Crippen LogP contribution in [0.15, 0.2) is 72.8 Å². The molecule has 1 nitrogen and oxygen atoms in total. The first-order valence-corrected chi connectivity index (χ1v) is 8.76. The summed E-state index contributed by atoms with van der Waals surface area (Å²) in [5.41, 5.74) is 0.747. The molecule has 3 rings (SSSR count). The Hall–Kier alpha value is -1.99. The molecule has 1 aromatic heterocycles. The third-order valence-electron chi connectivity index (χ3n) is 3.66. The first kappa shape index (κ1) is 14.0. The van der Waals surface area contributed by atoms with E-state index >= 15 is 8.39 Å². The molecular formula is C17H16F2NP. The summed E-state index contributed by atoms with van der Waals surface area (Å²) in [6.07, 6.45) is 0. The zero-order chi connectivity index (χ0) is 14.9. The fraction of sp³-hybridized carbons (Fsp3) is 0.0588. The van der Waals surface area contributed by atoms with Crippen LogP contribution in [0.1, 0.15) is 5.69 Å². The van der Waals surface area contributed by atoms with Crippen LogP contribution in [0.25, 0.3) is 0 Å². The van der Waals surface area contributed by atoms with Gasteiger partial charge in [-0.1, -0.05) is 0 Å². The molecule has 0 aliphatic carbocycles. The Morgan fingerprint density at radius 2 is 1.19 bits per heavy atom. The fourth-order valence-electron chi connectivity index (χ4n) is 2.53. The molecule has 1 heterocycles. The van der Waals surface area contributed by atoms with Crippen molar-refractivity contribution in [3.05, 3.63) is 78.5 Å². The molecule has 0 radical (unpaired) electrons. The quantitative estimate of drug-likeness (QED) is 0.706. The number of H-pyrrole nitrogens is 1. The first-order valence-electron chi connectivity index (χ1n) is 6.74. The Kier molecular flexibility index (Phi) is 3.18. The zero-order valence-electron chi connectivity index (χ0n) is 11.6. The number of aryl methyl sites for hydroxylation is 1. The summed E-state index contributed by atoms with van der Waals surface area (Å²) in [7, 11) is -5.41. The SMILES string of the molecule is Cc1ccc(P(F)(F)(c2ccccc2)c2ccccc2)[nH]1. The number of halogens is 2. The van der Waals surface area contributed by atoms with Crippen molar-refractivity contribution < 1.29 is 8.39 Å². The summed E-state index contributed by atoms with van der Waals surface area (Å²) in [6.45, 7) is 1.79. The van der Waals surface area contributed by atoms with Gasteiger partial charge in [0.05, 0.1) is 0 Å². The van der Waals surface area contributed by atoms with E-state index in [1.54, 1.807) is 49.4 Å². The van der Waals surface area contributed by atoms with Crippen LogP contribution in [0.5, 0.6) is 0 Å². The average Bonchev–Trinajstić information content (AvgIpc) is 2.97. The molecule has 2 aromatic carbocycles. The van der Waals surface area contributed by atoms with Crippen molar-refractivity contribution in [1.82, 2.24) is 4.98 Å². The van der Waals surface area contributed by atoms with Crippen LogP contribution in [-0.2, 0) is 0 Å². The van der Waals surface area contributed by atoms with Crippen LogP contribution in [0.3, 0.4) is 0 Å². The maximum atomic E-state index is 16.1. The van der Waals surface area contributed by atoms with Crippen molar-refractivity contribution in [2.24, 2.45) is 0 Å². The fourth-order valence-corrected chi connectivity index (χ4v) is 5.48. The Labute approximate surface area is 122 Å². The molecule has 108 valence electrons. The molecule has 0 amide bonds. The summed E-state index contributed by atoms with van der Waals surface area (Å²) >= 11 is 0. The Balaban J connectivity index is 2.35. The molecule has 0 aliphatic rings. The van der Waals surface area contributed by atoms with Gasteiger partial charge < -0.3 is 0 Å². The van der Waals surface area contributed by atoms with E-state index in [9.17, 15) is 0 Å². The monoisotopic (exact) mass is 303 g/mol. The van der Waals surface area contributed by atoms with Gasteiger partial charge in [0.15, 0.2) is 0 Å². The second-order valence-corrected chi connectivity index (χ2v) is 8.43. The third-order valence-corrected chi connectivity index (χ3v) is 7.18. The Morgan fingerprint density at radius 1 is 0.714 bits per heavy atom. The van der Waals surface area contributed by atoms with Gasteiger partial charge in [-0.15, -0.1) is 0 Å². The molecule has 0 fully saturated rings. The van der Waals surface area contributed by atoms with E-state index in [4.69, 9.17) is 0 Å². The van der Waals surface area contributed by atoms with Gasteiger partial charge in [-0.3, -0.25) is 0 Å². The normalized spacial score (nSPS) is 13.6. The minimum absolute atomic E-state index is 0.0101. The molecule has 0 saturated heterocycles. The molecular weight excluding hydrogens is 287 g/mol. The molecule has 0 spiro atoms. The molecule has 1 N–H and O–H groups in total. The number of nitrogens with one attached hydrogen (secondary N) is 1. The predicted molar refractivity (Wildman–Crippen MR) is 86.5 cm³/mol. The number of hydrogen-bond acceptors (Lipinski definition) is 0. The van der Waals surface area contributed by atoms with Gasteiger partial charge >= 0.3 is 122 Å². The van der Waals surface area contributed by atoms with Crippen molar-refractivity contribution in [3.8, 4) is 0 Å². The van der Waals surface area contributed by atoms with Crippen molar-refractivity contribution in [2.75, 3.05) is 0 Å². The minimum atomic E-state index is -5.41. The molecule has 0 atom stereocenters. The number of aromatic amines is 1. The van der Waals surface area contributed by atoms with E-state index in [-0.39, 0.29) is 16.0 Å². The number of aromatic nitrogens is 1. The summed E-state index contributed by atoms with van der Waals surface area (Å²) in [5, 5.41) is 0.160. The van der Waals surface area contributed by atoms with Gasteiger partial charge in [0.1, 0.15) is 0 Å². The topological polar surface area (TPSA) is 15.8 Å². The van der Waals surface area contributed by atoms with Crippen LogP contribution in [-0.4, -0.2) is 4.98 Å². The van der Waals surface area contributed by atoms with E-state index in [1.807, 2.05) is 0 Å². The van der Waals surface area contributed by atoms with E-state index in [0.29, 0.717) is 0 Å². The molecule has 4 heteroatoms. The molecule has 0 bridgehead atoms. The van der Waals surface area contributed by atoms with Gasteiger partial charge in [-0.05, 0) is 0 Å². The molecule has 21 heavy (non-hydrogen) atoms. The van der Waals surface area contributed by atoms with E-state index in [2.05, 4.69) is 4.98 Å². The van der Waals surface area contributed by atoms with E-state index < -0.39 is 7.22 Å². The van der Waals surface area contributed by atoms with Crippen LogP contribution < -0.4 is 16.0 Å². The van der Waals surface area contributed by atoms with E-state index in [0.717, 1.165) is 5.69 Å². The van der Waals surface area contributed by atoms with Crippen LogP contribution in [0, 0.1) is 6.92 Å². The van der Waals surface area contributed by atoms with Gasteiger partial charge in [-0.25, -0.2) is 0 Å². The zero-order valence-corrected chi connectivity index (χ0v) is 12.5. The number of benzene rings is 2. The Morgan fingerprint density at radius 3 is 1.57 bits per heavy atom. The molecule has 0 saturated carbocycles. The maximum absolute atomic E-state index is 16.1. The van der Waals surface area contributed by atoms with Crippen LogP contribution >= 0.6 is 7.22 Å². The molecule has 0 unspecified atom stereocenters. The molecule has 3 aromatic rings. The van der Waals surface area contributed by atoms with Gasteiger partial charge in [0, 0.05) is 0 Å². The second-order valence-electron chi connectivity index (χ2n) is 5.10. The van der Waals surface area contributed by atoms with Crippen molar-refractivity contribution in [2.45, 2.75) is 6.92 Å². The van der Waals surface area contributed by atoms with Crippen molar-refractivity contribution in [3.63, 3.8) is 0 Å². The predicted octanol–water partition coefficient (Wildman–Crippen LogP) is 3.92. The van der Waals surface area contributed by atoms with Gasteiger partial charge in [0.2, 0.25) is 0 Å². The second kappa shape index (κ2) is 4.78. The number of hydrogen-bond donors (Lipinski definition) is 1. The van der Waals surface area contributed by atoms with Gasteiger partial charge in [-0.2, -0.15) is 0 Å². The first-order chi connectivity index (χ1) is 10.0. The van der Waals surface area contributed by atoms with Crippen molar-refractivity contribution in [1.29, 1.82) is 0 Å². The summed E-state index contributed by atoms with van der Waals surface area (Å²) in [5.74, 6) is 0. The molecule has 0 aliphatic heterocycles. The summed E-state index contributed by atoms with van der Waals surface area (Å²) < 4.78 is 32.2. The average molecular weight is 303 g/mol. The van der Waals surface area contributed by atoms with Crippen LogP contribution in [0.2, 0.25) is 0 Å². The number of rotatable bonds is 3.